The van der Waals surface area contributed by atoms with Gasteiger partial charge in [0.25, 0.3) is 10.0 Å². The zero-order valence-corrected chi connectivity index (χ0v) is 22.1. The minimum atomic E-state index is -3.94. The fourth-order valence-corrected chi connectivity index (χ4v) is 5.44. The van der Waals surface area contributed by atoms with Crippen LogP contribution in [0.4, 0.5) is 5.82 Å². The summed E-state index contributed by atoms with van der Waals surface area (Å²) in [6, 6.07) is 17.5. The number of anilines is 1. The van der Waals surface area contributed by atoms with Crippen molar-refractivity contribution >= 4 is 33.1 Å². The van der Waals surface area contributed by atoms with E-state index in [0.29, 0.717) is 11.5 Å². The van der Waals surface area contributed by atoms with E-state index in [1.807, 2.05) is 43.5 Å². The van der Waals surface area contributed by atoms with Gasteiger partial charge < -0.3 is 4.84 Å². The van der Waals surface area contributed by atoms with E-state index in [1.54, 1.807) is 36.5 Å². The monoisotopic (exact) mass is 537 g/mol. The largest absolute Gasteiger partial charge is 0.342 e. The molecule has 0 aliphatic carbocycles. The number of hydrogen-bond acceptors (Lipinski definition) is 9. The van der Waals surface area contributed by atoms with E-state index in [4.69, 9.17) is 4.84 Å². The summed E-state index contributed by atoms with van der Waals surface area (Å²) in [5.41, 5.74) is 4.80. The van der Waals surface area contributed by atoms with Gasteiger partial charge in [0.15, 0.2) is 10.8 Å². The molecule has 0 fully saturated rings. The molecule has 0 radical (unpaired) electrons. The van der Waals surface area contributed by atoms with Gasteiger partial charge in [-0.15, -0.1) is 11.3 Å². The normalized spacial score (nSPS) is 11.6. The molecule has 0 saturated carbocycles. The van der Waals surface area contributed by atoms with Crippen LogP contribution in [0.2, 0.25) is 0 Å². The first-order valence-electron chi connectivity index (χ1n) is 11.6. The lowest BCUT2D eigenvalue weighted by Gasteiger charge is -2.22. The minimum Gasteiger partial charge on any atom is -0.342 e. The highest BCUT2D eigenvalue weighted by atomic mass is 32.2. The fourth-order valence-electron chi connectivity index (χ4n) is 3.47. The zero-order chi connectivity index (χ0) is 26.3. The summed E-state index contributed by atoms with van der Waals surface area (Å²) in [6.45, 7) is 3.94. The molecule has 0 saturated heterocycles. The van der Waals surface area contributed by atoms with Crippen LogP contribution < -0.4 is 5.48 Å². The van der Waals surface area contributed by atoms with Crippen LogP contribution in [0.1, 0.15) is 31.5 Å². The third-order valence-electron chi connectivity index (χ3n) is 5.22. The van der Waals surface area contributed by atoms with Crippen molar-refractivity contribution in [1.82, 2.24) is 19.3 Å². The number of benzene rings is 1. The average molecular weight is 538 g/mol. The standard InChI is InChI=1S/C26H27N5O4S2/c1-19(2)16-25(32)35-30-23-7-5-6-22(29-23)18-31(37(33,34)24-8-3-4-13-27-24)17-20-9-11-21(12-10-20)26-28-14-15-36-26/h3-15,19H,16-18H2,1-2H3,(H,29,30). The molecule has 0 spiro atoms. The fraction of sp³-hybridized carbons (Fsp3) is 0.231. The van der Waals surface area contributed by atoms with Gasteiger partial charge in [-0.1, -0.05) is 50.2 Å². The third-order valence-corrected chi connectivity index (χ3v) is 7.75. The molecule has 3 heterocycles. The molecule has 0 aliphatic heterocycles. The number of rotatable bonds is 11. The Bertz CT molecular complexity index is 1410. The number of thiazole rings is 1. The quantitative estimate of drug-likeness (QED) is 0.269. The van der Waals surface area contributed by atoms with Gasteiger partial charge in [-0.3, -0.25) is 0 Å². The molecule has 4 aromatic rings. The number of carbonyl (C=O) groups is 1. The lowest BCUT2D eigenvalue weighted by molar-refractivity contribution is -0.141. The number of nitrogens with zero attached hydrogens (tertiary/aromatic N) is 4. The Morgan fingerprint density at radius 2 is 1.81 bits per heavy atom. The number of nitrogens with one attached hydrogen (secondary N) is 1. The Balaban J connectivity index is 1.56. The predicted molar refractivity (Wildman–Crippen MR) is 142 cm³/mol. The maximum atomic E-state index is 13.5. The Kier molecular flexibility index (Phi) is 8.59. The molecule has 0 bridgehead atoms. The molecule has 0 aliphatic rings. The highest BCUT2D eigenvalue weighted by molar-refractivity contribution is 7.89. The van der Waals surface area contributed by atoms with Crippen molar-refractivity contribution < 1.29 is 18.0 Å². The Hall–Kier alpha value is -3.67. The summed E-state index contributed by atoms with van der Waals surface area (Å²) >= 11 is 1.54. The average Bonchev–Trinajstić information content (AvgIpc) is 3.43. The summed E-state index contributed by atoms with van der Waals surface area (Å²) < 4.78 is 28.4. The molecular formula is C26H27N5O4S2. The summed E-state index contributed by atoms with van der Waals surface area (Å²) in [6.07, 6.45) is 3.46. The smallest absolute Gasteiger partial charge is 0.332 e. The number of hydrogen-bond donors (Lipinski definition) is 1. The van der Waals surface area contributed by atoms with E-state index in [2.05, 4.69) is 20.4 Å². The van der Waals surface area contributed by atoms with Crippen molar-refractivity contribution in [3.05, 3.63) is 89.7 Å². The van der Waals surface area contributed by atoms with Crippen molar-refractivity contribution in [1.29, 1.82) is 0 Å². The summed E-state index contributed by atoms with van der Waals surface area (Å²) in [7, 11) is -3.94. The van der Waals surface area contributed by atoms with Gasteiger partial charge in [0, 0.05) is 29.9 Å². The summed E-state index contributed by atoms with van der Waals surface area (Å²) in [5, 5.41) is 2.75. The van der Waals surface area contributed by atoms with Gasteiger partial charge in [-0.05, 0) is 35.7 Å². The van der Waals surface area contributed by atoms with Crippen molar-refractivity contribution in [3.8, 4) is 10.6 Å². The first kappa shape index (κ1) is 26.4. The van der Waals surface area contributed by atoms with Crippen LogP contribution in [0.15, 0.2) is 83.5 Å². The summed E-state index contributed by atoms with van der Waals surface area (Å²) in [4.78, 5) is 29.8. The molecule has 4 rings (SSSR count). The molecule has 0 amide bonds. The molecule has 11 heteroatoms. The van der Waals surface area contributed by atoms with Crippen LogP contribution in [0, 0.1) is 5.92 Å². The number of aromatic nitrogens is 3. The second-order valence-electron chi connectivity index (χ2n) is 8.66. The maximum absolute atomic E-state index is 13.5. The zero-order valence-electron chi connectivity index (χ0n) is 20.4. The molecule has 0 atom stereocenters. The second kappa shape index (κ2) is 12.0. The van der Waals surface area contributed by atoms with Crippen molar-refractivity contribution in [2.24, 2.45) is 5.92 Å². The van der Waals surface area contributed by atoms with Crippen molar-refractivity contribution in [3.63, 3.8) is 0 Å². The molecule has 1 N–H and O–H groups in total. The van der Waals surface area contributed by atoms with Gasteiger partial charge in [-0.25, -0.2) is 33.6 Å². The van der Waals surface area contributed by atoms with Gasteiger partial charge >= 0.3 is 5.97 Å². The lowest BCUT2D eigenvalue weighted by Crippen LogP contribution is -2.31. The number of carbonyl (C=O) groups excluding carboxylic acids is 1. The molecule has 37 heavy (non-hydrogen) atoms. The maximum Gasteiger partial charge on any atom is 0.332 e. The van der Waals surface area contributed by atoms with E-state index < -0.39 is 16.0 Å². The molecular weight excluding hydrogens is 510 g/mol. The van der Waals surface area contributed by atoms with Gasteiger partial charge in [-0.2, -0.15) is 4.31 Å². The lowest BCUT2D eigenvalue weighted by atomic mass is 10.1. The number of pyridine rings is 2. The number of sulfonamides is 1. The summed E-state index contributed by atoms with van der Waals surface area (Å²) in [5.74, 6) is 0.0648. The first-order chi connectivity index (χ1) is 17.8. The highest BCUT2D eigenvalue weighted by Gasteiger charge is 2.26. The van der Waals surface area contributed by atoms with Crippen LogP contribution in [-0.4, -0.2) is 33.6 Å². The molecule has 9 nitrogen and oxygen atoms in total. The Morgan fingerprint density at radius 1 is 1.00 bits per heavy atom. The molecule has 0 unspecified atom stereocenters. The van der Waals surface area contributed by atoms with Crippen LogP contribution in [0.25, 0.3) is 10.6 Å². The van der Waals surface area contributed by atoms with Crippen LogP contribution >= 0.6 is 11.3 Å². The van der Waals surface area contributed by atoms with Crippen LogP contribution in [0.3, 0.4) is 0 Å². The first-order valence-corrected chi connectivity index (χ1v) is 13.9. The van der Waals surface area contributed by atoms with E-state index >= 15 is 0 Å². The van der Waals surface area contributed by atoms with E-state index in [0.717, 1.165) is 16.1 Å². The SMILES string of the molecule is CC(C)CC(=O)ONc1cccc(CN(Cc2ccc(-c3nccs3)cc2)S(=O)(=O)c2ccccn2)n1. The third kappa shape index (κ3) is 7.19. The van der Waals surface area contributed by atoms with Gasteiger partial charge in [0.2, 0.25) is 0 Å². The predicted octanol–water partition coefficient (Wildman–Crippen LogP) is 4.91. The van der Waals surface area contributed by atoms with Crippen molar-refractivity contribution in [2.75, 3.05) is 5.48 Å². The van der Waals surface area contributed by atoms with Gasteiger partial charge in [0.05, 0.1) is 18.7 Å². The minimum absolute atomic E-state index is 0.0113. The molecule has 192 valence electrons. The van der Waals surface area contributed by atoms with E-state index in [9.17, 15) is 13.2 Å². The second-order valence-corrected chi connectivity index (χ2v) is 11.4. The van der Waals surface area contributed by atoms with Crippen LogP contribution in [0.5, 0.6) is 0 Å². The molecule has 1 aromatic carbocycles. The van der Waals surface area contributed by atoms with E-state index in [-0.39, 0.29) is 30.5 Å². The molecule has 3 aromatic heterocycles. The van der Waals surface area contributed by atoms with Gasteiger partial charge in [0.1, 0.15) is 5.01 Å². The van der Waals surface area contributed by atoms with E-state index in [1.165, 1.54) is 27.9 Å². The highest BCUT2D eigenvalue weighted by Crippen LogP contribution is 2.24. The topological polar surface area (TPSA) is 114 Å². The van der Waals surface area contributed by atoms with Crippen LogP contribution in [-0.2, 0) is 32.7 Å². The van der Waals surface area contributed by atoms with Crippen molar-refractivity contribution in [2.45, 2.75) is 38.4 Å². The Labute approximate surface area is 220 Å². The Morgan fingerprint density at radius 3 is 2.49 bits per heavy atom.